The normalized spacial score (nSPS) is 12.0. The van der Waals surface area contributed by atoms with Gasteiger partial charge in [0.25, 0.3) is 0 Å². The minimum atomic E-state index is 0.501. The number of anilines is 2. The first-order valence-corrected chi connectivity index (χ1v) is 7.93. The maximum atomic E-state index is 8.95. The summed E-state index contributed by atoms with van der Waals surface area (Å²) < 4.78 is 6.14. The average molecular weight is 383 g/mol. The third-order valence-electron chi connectivity index (χ3n) is 3.34. The predicted molar refractivity (Wildman–Crippen MR) is 97.4 cm³/mol. The van der Waals surface area contributed by atoms with Crippen LogP contribution in [0.25, 0.3) is 5.76 Å². The molecule has 0 spiro atoms. The summed E-state index contributed by atoms with van der Waals surface area (Å²) in [4.78, 5) is 0. The number of halogens is 1. The molecular formula is C18H15BrN4O. The van der Waals surface area contributed by atoms with Gasteiger partial charge in [0.05, 0.1) is 29.1 Å². The second-order valence-corrected chi connectivity index (χ2v) is 5.76. The highest BCUT2D eigenvalue weighted by atomic mass is 79.9. The number of hydrogen-bond donors (Lipinski definition) is 2. The molecule has 120 valence electrons. The highest BCUT2D eigenvalue weighted by Crippen LogP contribution is 2.27. The Hall–Kier alpha value is -2.96. The molecule has 0 aromatic heterocycles. The van der Waals surface area contributed by atoms with Gasteiger partial charge in [0.2, 0.25) is 0 Å². The number of ether oxygens (including phenoxy) is 1. The SMILES string of the molecule is N#Cc1c(N)cccc1Br.N#Cc1c(N)cccc1C1=CCCO1. The van der Waals surface area contributed by atoms with Crippen LogP contribution in [0.3, 0.4) is 0 Å². The monoisotopic (exact) mass is 382 g/mol. The van der Waals surface area contributed by atoms with Crippen molar-refractivity contribution < 1.29 is 4.74 Å². The van der Waals surface area contributed by atoms with Crippen molar-refractivity contribution >= 4 is 33.1 Å². The van der Waals surface area contributed by atoms with Crippen LogP contribution in [-0.2, 0) is 4.74 Å². The zero-order valence-corrected chi connectivity index (χ0v) is 14.4. The van der Waals surface area contributed by atoms with Gasteiger partial charge in [-0.3, -0.25) is 0 Å². The Kier molecular flexibility index (Phi) is 5.83. The number of benzene rings is 2. The fourth-order valence-electron chi connectivity index (χ4n) is 2.16. The fourth-order valence-corrected chi connectivity index (χ4v) is 2.63. The smallest absolute Gasteiger partial charge is 0.124 e. The van der Waals surface area contributed by atoms with Crippen molar-refractivity contribution in [1.82, 2.24) is 0 Å². The molecule has 24 heavy (non-hydrogen) atoms. The molecule has 1 aliphatic heterocycles. The van der Waals surface area contributed by atoms with Crippen LogP contribution in [0.1, 0.15) is 23.1 Å². The fraction of sp³-hybridized carbons (Fsp3) is 0.111. The highest BCUT2D eigenvalue weighted by Gasteiger charge is 2.14. The lowest BCUT2D eigenvalue weighted by Gasteiger charge is -2.07. The maximum absolute atomic E-state index is 8.95. The van der Waals surface area contributed by atoms with E-state index in [0.29, 0.717) is 29.1 Å². The molecule has 0 amide bonds. The summed E-state index contributed by atoms with van der Waals surface area (Å²) in [5, 5.41) is 17.5. The van der Waals surface area contributed by atoms with Gasteiger partial charge >= 0.3 is 0 Å². The summed E-state index contributed by atoms with van der Waals surface area (Å²) in [5.74, 6) is 0.772. The number of nitrogens with zero attached hydrogens (tertiary/aromatic N) is 2. The van der Waals surface area contributed by atoms with Crippen LogP contribution in [0, 0.1) is 22.7 Å². The third-order valence-corrected chi connectivity index (χ3v) is 4.00. The highest BCUT2D eigenvalue weighted by molar-refractivity contribution is 9.10. The first kappa shape index (κ1) is 17.4. The van der Waals surface area contributed by atoms with Crippen molar-refractivity contribution in [2.45, 2.75) is 6.42 Å². The molecule has 0 bridgehead atoms. The van der Waals surface area contributed by atoms with E-state index in [1.807, 2.05) is 24.3 Å². The lowest BCUT2D eigenvalue weighted by Crippen LogP contribution is -1.96. The van der Waals surface area contributed by atoms with E-state index < -0.39 is 0 Å². The Labute approximate surface area is 148 Å². The molecule has 0 atom stereocenters. The summed E-state index contributed by atoms with van der Waals surface area (Å²) in [5.41, 5.74) is 14.0. The van der Waals surface area contributed by atoms with Crippen LogP contribution in [0.4, 0.5) is 11.4 Å². The van der Waals surface area contributed by atoms with Crippen molar-refractivity contribution in [2.75, 3.05) is 18.1 Å². The largest absolute Gasteiger partial charge is 0.493 e. The molecule has 2 aromatic carbocycles. The van der Waals surface area contributed by atoms with E-state index in [4.69, 9.17) is 26.7 Å². The van der Waals surface area contributed by atoms with Crippen LogP contribution in [-0.4, -0.2) is 6.61 Å². The maximum Gasteiger partial charge on any atom is 0.124 e. The Balaban J connectivity index is 0.000000185. The Morgan fingerprint density at radius 2 is 1.58 bits per heavy atom. The molecule has 1 aliphatic rings. The van der Waals surface area contributed by atoms with Crippen LogP contribution >= 0.6 is 15.9 Å². The summed E-state index contributed by atoms with van der Waals surface area (Å²) >= 11 is 3.20. The molecule has 0 saturated heterocycles. The van der Waals surface area contributed by atoms with Gasteiger partial charge in [-0.05, 0) is 46.3 Å². The minimum Gasteiger partial charge on any atom is -0.493 e. The van der Waals surface area contributed by atoms with E-state index in [2.05, 4.69) is 22.0 Å². The first-order chi connectivity index (χ1) is 11.6. The van der Waals surface area contributed by atoms with Crippen molar-refractivity contribution in [1.29, 1.82) is 10.5 Å². The second kappa shape index (κ2) is 8.05. The molecular weight excluding hydrogens is 368 g/mol. The quantitative estimate of drug-likeness (QED) is 0.728. The Morgan fingerprint density at radius 3 is 2.08 bits per heavy atom. The van der Waals surface area contributed by atoms with Gasteiger partial charge in [-0.1, -0.05) is 12.1 Å². The molecule has 0 unspecified atom stereocenters. The van der Waals surface area contributed by atoms with Crippen LogP contribution in [0.5, 0.6) is 0 Å². The van der Waals surface area contributed by atoms with Crippen LogP contribution in [0.15, 0.2) is 46.9 Å². The van der Waals surface area contributed by atoms with E-state index >= 15 is 0 Å². The van der Waals surface area contributed by atoms with E-state index in [1.54, 1.807) is 24.3 Å². The molecule has 0 aliphatic carbocycles. The van der Waals surface area contributed by atoms with Crippen molar-refractivity contribution in [3.8, 4) is 12.1 Å². The van der Waals surface area contributed by atoms with Crippen molar-refractivity contribution in [2.24, 2.45) is 0 Å². The van der Waals surface area contributed by atoms with E-state index in [0.717, 1.165) is 22.2 Å². The zero-order valence-electron chi connectivity index (χ0n) is 12.8. The van der Waals surface area contributed by atoms with E-state index in [1.165, 1.54) is 0 Å². The molecule has 1 heterocycles. The summed E-state index contributed by atoms with van der Waals surface area (Å²) in [6, 6.07) is 14.8. The molecule has 5 nitrogen and oxygen atoms in total. The number of hydrogen-bond acceptors (Lipinski definition) is 5. The standard InChI is InChI=1S/C11H10N2O.C7H5BrN2/c12-7-9-8(3-1-4-10(9)13)11-5-2-6-14-11;8-6-2-1-3-7(10)5(6)4-9/h1,3-5H,2,6,13H2;1-3H,10H2. The Bertz CT molecular complexity index is 842. The third kappa shape index (κ3) is 3.87. The average Bonchev–Trinajstić information content (AvgIpc) is 3.10. The van der Waals surface area contributed by atoms with Gasteiger partial charge in [-0.25, -0.2) is 0 Å². The number of nitrogens with two attached hydrogens (primary N) is 2. The van der Waals surface area contributed by atoms with Gasteiger partial charge in [0, 0.05) is 16.5 Å². The first-order valence-electron chi connectivity index (χ1n) is 7.14. The van der Waals surface area contributed by atoms with Crippen molar-refractivity contribution in [3.63, 3.8) is 0 Å². The Morgan fingerprint density at radius 1 is 0.958 bits per heavy atom. The molecule has 6 heteroatoms. The summed E-state index contributed by atoms with van der Waals surface area (Å²) in [7, 11) is 0. The van der Waals surface area contributed by atoms with Gasteiger partial charge in [0.1, 0.15) is 17.9 Å². The number of nitriles is 2. The molecule has 3 rings (SSSR count). The van der Waals surface area contributed by atoms with Gasteiger partial charge < -0.3 is 16.2 Å². The molecule has 2 aromatic rings. The number of nitrogen functional groups attached to an aromatic ring is 2. The van der Waals surface area contributed by atoms with E-state index in [9.17, 15) is 0 Å². The lowest BCUT2D eigenvalue weighted by molar-refractivity contribution is 0.307. The topological polar surface area (TPSA) is 109 Å². The summed E-state index contributed by atoms with van der Waals surface area (Å²) in [6.45, 7) is 0.689. The minimum absolute atomic E-state index is 0.501. The molecule has 0 saturated carbocycles. The van der Waals surface area contributed by atoms with Gasteiger partial charge in [-0.2, -0.15) is 10.5 Å². The molecule has 0 fully saturated rings. The van der Waals surface area contributed by atoms with Gasteiger partial charge in [-0.15, -0.1) is 0 Å². The molecule has 0 radical (unpaired) electrons. The number of rotatable bonds is 1. The van der Waals surface area contributed by atoms with Crippen LogP contribution < -0.4 is 11.5 Å². The summed E-state index contributed by atoms with van der Waals surface area (Å²) in [6.07, 6.45) is 2.88. The van der Waals surface area contributed by atoms with Gasteiger partial charge in [0.15, 0.2) is 0 Å². The lowest BCUT2D eigenvalue weighted by atomic mass is 10.0. The second-order valence-electron chi connectivity index (χ2n) is 4.90. The van der Waals surface area contributed by atoms with Crippen LogP contribution in [0.2, 0.25) is 0 Å². The van der Waals surface area contributed by atoms with Crippen molar-refractivity contribution in [3.05, 3.63) is 63.6 Å². The predicted octanol–water partition coefficient (Wildman–Crippen LogP) is 3.80. The zero-order chi connectivity index (χ0) is 17.5. The van der Waals surface area contributed by atoms with E-state index in [-0.39, 0.29) is 0 Å². The molecule has 4 N–H and O–H groups in total.